The molecule has 1 aromatic carbocycles. The van der Waals surface area contributed by atoms with E-state index in [4.69, 9.17) is 5.53 Å². The molecule has 19 heavy (non-hydrogen) atoms. The van der Waals surface area contributed by atoms with Gasteiger partial charge in [0.15, 0.2) is 0 Å². The normalized spacial score (nSPS) is 15.2. The van der Waals surface area contributed by atoms with Crippen molar-refractivity contribution in [3.8, 4) is 0 Å². The molecule has 2 rings (SSSR count). The summed E-state index contributed by atoms with van der Waals surface area (Å²) in [6.07, 6.45) is 3.16. The molecule has 0 unspecified atom stereocenters. The molecule has 1 aliphatic rings. The highest BCUT2D eigenvalue weighted by Gasteiger charge is 2.26. The number of nitrogens with zero attached hydrogens (tertiary/aromatic N) is 4. The molecule has 0 aromatic heterocycles. The van der Waals surface area contributed by atoms with Crippen molar-refractivity contribution in [2.75, 3.05) is 6.54 Å². The third kappa shape index (κ3) is 4.24. The van der Waals surface area contributed by atoms with Crippen molar-refractivity contribution in [1.82, 2.24) is 4.31 Å². The molecule has 0 aliphatic heterocycles. The lowest BCUT2D eigenvalue weighted by atomic mass is 10.2. The van der Waals surface area contributed by atoms with E-state index in [2.05, 4.69) is 9.43 Å². The summed E-state index contributed by atoms with van der Waals surface area (Å²) >= 11 is 0. The third-order valence-electron chi connectivity index (χ3n) is 3.15. The highest BCUT2D eigenvalue weighted by molar-refractivity contribution is 7.87. The third-order valence-corrected chi connectivity index (χ3v) is 4.40. The van der Waals surface area contributed by atoms with Gasteiger partial charge in [-0.25, -0.2) is 8.42 Å². The second-order valence-corrected chi connectivity index (χ2v) is 6.28. The maximum atomic E-state index is 11.9. The van der Waals surface area contributed by atoms with Gasteiger partial charge in [-0.1, -0.05) is 43.2 Å². The first-order chi connectivity index (χ1) is 9.12. The van der Waals surface area contributed by atoms with Gasteiger partial charge >= 0.3 is 10.2 Å². The second-order valence-electron chi connectivity index (χ2n) is 4.70. The van der Waals surface area contributed by atoms with Crippen LogP contribution in [0.3, 0.4) is 0 Å². The van der Waals surface area contributed by atoms with Crippen LogP contribution >= 0.6 is 0 Å². The highest BCUT2D eigenvalue weighted by atomic mass is 32.2. The molecule has 1 aliphatic carbocycles. The molecule has 0 heterocycles. The second kappa shape index (κ2) is 6.06. The van der Waals surface area contributed by atoms with Crippen molar-refractivity contribution in [2.24, 2.45) is 10.4 Å². The van der Waals surface area contributed by atoms with E-state index in [0.717, 1.165) is 12.0 Å². The number of benzene rings is 1. The zero-order chi connectivity index (χ0) is 13.7. The van der Waals surface area contributed by atoms with Crippen molar-refractivity contribution in [3.05, 3.63) is 46.3 Å². The average Bonchev–Trinajstić information content (AvgIpc) is 3.19. The smallest absolute Gasteiger partial charge is 0.204 e. The molecular weight excluding hydrogens is 264 g/mol. The van der Waals surface area contributed by atoms with Gasteiger partial charge in [-0.3, -0.25) is 0 Å². The van der Waals surface area contributed by atoms with Crippen LogP contribution in [0.25, 0.3) is 10.4 Å². The van der Waals surface area contributed by atoms with Crippen LogP contribution in [0.5, 0.6) is 0 Å². The van der Waals surface area contributed by atoms with E-state index < -0.39 is 10.2 Å². The SMILES string of the molecule is [N-]=[N+]=NS(=O)(=O)N(CCC1CC1)Cc1ccccc1. The lowest BCUT2D eigenvalue weighted by molar-refractivity contribution is 0.391. The fourth-order valence-electron chi connectivity index (χ4n) is 1.89. The molecule has 0 N–H and O–H groups in total. The van der Waals surface area contributed by atoms with Gasteiger partial charge in [-0.15, -0.1) is 0 Å². The number of rotatable bonds is 7. The molecule has 0 spiro atoms. The Labute approximate surface area is 112 Å². The van der Waals surface area contributed by atoms with Crippen molar-refractivity contribution in [3.63, 3.8) is 0 Å². The minimum Gasteiger partial charge on any atom is -0.204 e. The summed E-state index contributed by atoms with van der Waals surface area (Å²) < 4.78 is 27.9. The van der Waals surface area contributed by atoms with Crippen LogP contribution in [0.2, 0.25) is 0 Å². The predicted octanol–water partition coefficient (Wildman–Crippen LogP) is 2.84. The Bertz CT molecular complexity index is 563. The first kappa shape index (κ1) is 13.9. The molecule has 1 saturated carbocycles. The topological polar surface area (TPSA) is 86.1 Å². The summed E-state index contributed by atoms with van der Waals surface area (Å²) in [7, 11) is -3.90. The zero-order valence-electron chi connectivity index (χ0n) is 10.5. The molecule has 0 amide bonds. The minimum absolute atomic E-state index is 0.245. The fraction of sp³-hybridized carbons (Fsp3) is 0.500. The van der Waals surface area contributed by atoms with Gasteiger partial charge in [0, 0.05) is 22.5 Å². The number of azide groups is 1. The van der Waals surface area contributed by atoms with Gasteiger partial charge < -0.3 is 0 Å². The van der Waals surface area contributed by atoms with E-state index in [1.807, 2.05) is 30.3 Å². The Kier molecular flexibility index (Phi) is 4.42. The van der Waals surface area contributed by atoms with Crippen LogP contribution in [0.15, 0.2) is 34.9 Å². The first-order valence-corrected chi connectivity index (χ1v) is 7.62. The quantitative estimate of drug-likeness (QED) is 0.437. The van der Waals surface area contributed by atoms with Crippen LogP contribution in [0.4, 0.5) is 0 Å². The Morgan fingerprint density at radius 3 is 2.58 bits per heavy atom. The summed E-state index contributed by atoms with van der Waals surface area (Å²) in [5.41, 5.74) is 9.24. The molecule has 6 nitrogen and oxygen atoms in total. The number of hydrogen-bond donors (Lipinski definition) is 0. The monoisotopic (exact) mass is 280 g/mol. The van der Waals surface area contributed by atoms with Crippen molar-refractivity contribution < 1.29 is 8.42 Å². The van der Waals surface area contributed by atoms with Gasteiger partial charge in [0.25, 0.3) is 0 Å². The van der Waals surface area contributed by atoms with Crippen LogP contribution in [0, 0.1) is 5.92 Å². The number of hydrogen-bond acceptors (Lipinski definition) is 2. The van der Waals surface area contributed by atoms with E-state index in [-0.39, 0.29) is 6.54 Å². The van der Waals surface area contributed by atoms with Crippen molar-refractivity contribution in [2.45, 2.75) is 25.8 Å². The van der Waals surface area contributed by atoms with Gasteiger partial charge in [0.1, 0.15) is 0 Å². The van der Waals surface area contributed by atoms with Gasteiger partial charge in [-0.05, 0) is 23.4 Å². The van der Waals surface area contributed by atoms with Crippen LogP contribution < -0.4 is 0 Å². The molecule has 1 aromatic rings. The summed E-state index contributed by atoms with van der Waals surface area (Å²) in [6, 6.07) is 9.30. The largest absolute Gasteiger partial charge is 0.302 e. The van der Waals surface area contributed by atoms with Crippen molar-refractivity contribution >= 4 is 10.2 Å². The van der Waals surface area contributed by atoms with Crippen LogP contribution in [0.1, 0.15) is 24.8 Å². The Morgan fingerprint density at radius 1 is 1.32 bits per heavy atom. The maximum Gasteiger partial charge on any atom is 0.302 e. The summed E-state index contributed by atoms with van der Waals surface area (Å²) in [4.78, 5) is 2.41. The molecule has 1 fully saturated rings. The molecule has 7 heteroatoms. The average molecular weight is 280 g/mol. The van der Waals surface area contributed by atoms with Crippen LogP contribution in [-0.2, 0) is 16.8 Å². The standard InChI is InChI=1S/C12H16N4O2S/c13-14-15-19(17,18)16(9-8-11-6-7-11)10-12-4-2-1-3-5-12/h1-5,11H,6-10H2. The minimum atomic E-state index is -3.90. The fourth-order valence-corrected chi connectivity index (χ4v) is 2.74. The molecule has 0 saturated heterocycles. The lowest BCUT2D eigenvalue weighted by Gasteiger charge is -2.19. The Morgan fingerprint density at radius 2 is 2.00 bits per heavy atom. The summed E-state index contributed by atoms with van der Waals surface area (Å²) in [5, 5.41) is 0. The molecule has 102 valence electrons. The van der Waals surface area contributed by atoms with Gasteiger partial charge in [0.2, 0.25) is 0 Å². The lowest BCUT2D eigenvalue weighted by Crippen LogP contribution is -2.30. The van der Waals surface area contributed by atoms with E-state index >= 15 is 0 Å². The first-order valence-electron chi connectivity index (χ1n) is 6.22. The predicted molar refractivity (Wildman–Crippen MR) is 72.3 cm³/mol. The van der Waals surface area contributed by atoms with E-state index in [9.17, 15) is 8.42 Å². The van der Waals surface area contributed by atoms with E-state index in [1.54, 1.807) is 0 Å². The summed E-state index contributed by atoms with van der Waals surface area (Å²) in [5.74, 6) is 0.625. The molecule has 0 radical (unpaired) electrons. The maximum absolute atomic E-state index is 11.9. The van der Waals surface area contributed by atoms with Crippen LogP contribution in [-0.4, -0.2) is 19.3 Å². The zero-order valence-corrected chi connectivity index (χ0v) is 11.3. The molecule has 0 bridgehead atoms. The highest BCUT2D eigenvalue weighted by Crippen LogP contribution is 2.32. The summed E-state index contributed by atoms with van der Waals surface area (Å²) in [6.45, 7) is 0.649. The van der Waals surface area contributed by atoms with E-state index in [0.29, 0.717) is 12.5 Å². The van der Waals surface area contributed by atoms with E-state index in [1.165, 1.54) is 17.1 Å². The Balaban J connectivity index is 2.10. The van der Waals surface area contributed by atoms with Crippen molar-refractivity contribution in [1.29, 1.82) is 0 Å². The van der Waals surface area contributed by atoms with Gasteiger partial charge in [0.05, 0.1) is 0 Å². The molecular formula is C12H16N4O2S. The molecule has 0 atom stereocenters. The Hall–Kier alpha value is -1.56. The van der Waals surface area contributed by atoms with Gasteiger partial charge in [-0.2, -0.15) is 4.31 Å².